The number of nitrogens with one attached hydrogen (secondary N) is 2. The van der Waals surface area contributed by atoms with Crippen LogP contribution in [-0.2, 0) is 11.3 Å². The van der Waals surface area contributed by atoms with Crippen LogP contribution in [0.4, 0.5) is 0 Å². The van der Waals surface area contributed by atoms with Gasteiger partial charge in [-0.25, -0.2) is 0 Å². The zero-order valence-electron chi connectivity index (χ0n) is 13.4. The molecule has 0 fully saturated rings. The SMILES string of the molecule is CCCCCNC(=O)C(C)Oc1ccccc1CNCC. The Morgan fingerprint density at radius 2 is 2.00 bits per heavy atom. The Morgan fingerprint density at radius 3 is 2.71 bits per heavy atom. The van der Waals surface area contributed by atoms with E-state index in [0.29, 0.717) is 0 Å². The fourth-order valence-electron chi connectivity index (χ4n) is 2.00. The molecular weight excluding hydrogens is 264 g/mol. The van der Waals surface area contributed by atoms with Crippen LogP contribution in [0.5, 0.6) is 5.75 Å². The molecule has 21 heavy (non-hydrogen) atoms. The highest BCUT2D eigenvalue weighted by Crippen LogP contribution is 2.19. The van der Waals surface area contributed by atoms with Crippen LogP contribution in [0.1, 0.15) is 45.6 Å². The summed E-state index contributed by atoms with van der Waals surface area (Å²) < 4.78 is 5.81. The number of rotatable bonds is 10. The molecule has 0 saturated carbocycles. The van der Waals surface area contributed by atoms with Gasteiger partial charge in [0.15, 0.2) is 6.10 Å². The minimum atomic E-state index is -0.477. The number of carbonyl (C=O) groups excluding carboxylic acids is 1. The molecule has 0 aromatic heterocycles. The van der Waals surface area contributed by atoms with E-state index in [1.54, 1.807) is 6.92 Å². The van der Waals surface area contributed by atoms with Gasteiger partial charge in [-0.2, -0.15) is 0 Å². The summed E-state index contributed by atoms with van der Waals surface area (Å²) in [5, 5.41) is 6.20. The highest BCUT2D eigenvalue weighted by Gasteiger charge is 2.15. The van der Waals surface area contributed by atoms with E-state index in [2.05, 4.69) is 24.5 Å². The molecule has 0 heterocycles. The first kappa shape index (κ1) is 17.5. The highest BCUT2D eigenvalue weighted by molar-refractivity contribution is 5.80. The predicted octanol–water partition coefficient (Wildman–Crippen LogP) is 2.87. The van der Waals surface area contributed by atoms with E-state index in [1.165, 1.54) is 0 Å². The normalized spacial score (nSPS) is 12.0. The Kier molecular flexibility index (Phi) is 8.51. The number of carbonyl (C=O) groups is 1. The third kappa shape index (κ3) is 6.63. The van der Waals surface area contributed by atoms with Gasteiger partial charge in [-0.15, -0.1) is 0 Å². The van der Waals surface area contributed by atoms with Crippen LogP contribution < -0.4 is 15.4 Å². The van der Waals surface area contributed by atoms with Crippen molar-refractivity contribution in [3.63, 3.8) is 0 Å². The maximum atomic E-state index is 12.0. The summed E-state index contributed by atoms with van der Waals surface area (Å²) in [4.78, 5) is 12.0. The summed E-state index contributed by atoms with van der Waals surface area (Å²) in [6.07, 6.45) is 2.83. The second kappa shape index (κ2) is 10.2. The van der Waals surface area contributed by atoms with Crippen LogP contribution in [0.25, 0.3) is 0 Å². The van der Waals surface area contributed by atoms with Crippen molar-refractivity contribution in [2.24, 2.45) is 0 Å². The average Bonchev–Trinajstić information content (AvgIpc) is 2.50. The third-order valence-electron chi connectivity index (χ3n) is 3.29. The van der Waals surface area contributed by atoms with Crippen LogP contribution >= 0.6 is 0 Å². The fourth-order valence-corrected chi connectivity index (χ4v) is 2.00. The van der Waals surface area contributed by atoms with E-state index in [0.717, 1.165) is 50.2 Å². The van der Waals surface area contributed by atoms with Gasteiger partial charge in [0.1, 0.15) is 5.75 Å². The second-order valence-corrected chi connectivity index (χ2v) is 5.15. The van der Waals surface area contributed by atoms with E-state index in [-0.39, 0.29) is 5.91 Å². The summed E-state index contributed by atoms with van der Waals surface area (Å²) in [7, 11) is 0. The molecule has 0 radical (unpaired) electrons. The summed E-state index contributed by atoms with van der Waals surface area (Å²) in [5.41, 5.74) is 1.07. The van der Waals surface area contributed by atoms with Crippen molar-refractivity contribution in [1.29, 1.82) is 0 Å². The molecule has 1 unspecified atom stereocenters. The lowest BCUT2D eigenvalue weighted by atomic mass is 10.2. The molecular formula is C17H28N2O2. The molecule has 4 nitrogen and oxygen atoms in total. The number of benzene rings is 1. The lowest BCUT2D eigenvalue weighted by Crippen LogP contribution is -2.37. The molecule has 0 saturated heterocycles. The van der Waals surface area contributed by atoms with E-state index in [9.17, 15) is 4.79 Å². The van der Waals surface area contributed by atoms with Gasteiger partial charge in [0, 0.05) is 18.7 Å². The van der Waals surface area contributed by atoms with Crippen molar-refractivity contribution in [1.82, 2.24) is 10.6 Å². The van der Waals surface area contributed by atoms with Crippen molar-refractivity contribution >= 4 is 5.91 Å². The summed E-state index contributed by atoms with van der Waals surface area (Å²) >= 11 is 0. The number of amides is 1. The Labute approximate surface area is 128 Å². The van der Waals surface area contributed by atoms with Crippen molar-refractivity contribution in [3.8, 4) is 5.75 Å². The zero-order valence-corrected chi connectivity index (χ0v) is 13.4. The first-order chi connectivity index (χ1) is 10.2. The largest absolute Gasteiger partial charge is 0.481 e. The quantitative estimate of drug-likeness (QED) is 0.652. The van der Waals surface area contributed by atoms with Crippen LogP contribution in [0.3, 0.4) is 0 Å². The van der Waals surface area contributed by atoms with Crippen molar-refractivity contribution in [3.05, 3.63) is 29.8 Å². The monoisotopic (exact) mass is 292 g/mol. The smallest absolute Gasteiger partial charge is 0.260 e. The molecule has 4 heteroatoms. The Morgan fingerprint density at radius 1 is 1.24 bits per heavy atom. The van der Waals surface area contributed by atoms with Crippen molar-refractivity contribution < 1.29 is 9.53 Å². The lowest BCUT2D eigenvalue weighted by molar-refractivity contribution is -0.127. The maximum Gasteiger partial charge on any atom is 0.260 e. The molecule has 118 valence electrons. The lowest BCUT2D eigenvalue weighted by Gasteiger charge is -2.17. The number of hydrogen-bond donors (Lipinski definition) is 2. The number of unbranched alkanes of at least 4 members (excludes halogenated alkanes) is 2. The molecule has 0 spiro atoms. The Bertz CT molecular complexity index is 421. The first-order valence-electron chi connectivity index (χ1n) is 7.92. The minimum absolute atomic E-state index is 0.0515. The van der Waals surface area contributed by atoms with Crippen LogP contribution in [0.15, 0.2) is 24.3 Å². The van der Waals surface area contributed by atoms with Gasteiger partial charge < -0.3 is 15.4 Å². The van der Waals surface area contributed by atoms with Crippen LogP contribution in [-0.4, -0.2) is 25.1 Å². The summed E-state index contributed by atoms with van der Waals surface area (Å²) in [6, 6.07) is 7.84. The fraction of sp³-hybridized carbons (Fsp3) is 0.588. The molecule has 1 atom stereocenters. The van der Waals surface area contributed by atoms with Gasteiger partial charge in [-0.05, 0) is 26.0 Å². The second-order valence-electron chi connectivity index (χ2n) is 5.15. The van der Waals surface area contributed by atoms with Gasteiger partial charge in [0.05, 0.1) is 0 Å². The van der Waals surface area contributed by atoms with Gasteiger partial charge in [0.2, 0.25) is 0 Å². The standard InChI is InChI=1S/C17H28N2O2/c1-4-6-9-12-19-17(20)14(3)21-16-11-8-7-10-15(16)13-18-5-2/h7-8,10-11,14,18H,4-6,9,12-13H2,1-3H3,(H,19,20). The number of hydrogen-bond acceptors (Lipinski definition) is 3. The van der Waals surface area contributed by atoms with E-state index >= 15 is 0 Å². The van der Waals surface area contributed by atoms with Gasteiger partial charge in [-0.1, -0.05) is 44.9 Å². The zero-order chi connectivity index (χ0) is 15.5. The Balaban J connectivity index is 2.49. The molecule has 1 amide bonds. The predicted molar refractivity (Wildman–Crippen MR) is 86.4 cm³/mol. The molecule has 1 rings (SSSR count). The average molecular weight is 292 g/mol. The van der Waals surface area contributed by atoms with E-state index in [4.69, 9.17) is 4.74 Å². The van der Waals surface area contributed by atoms with Gasteiger partial charge >= 0.3 is 0 Å². The van der Waals surface area contributed by atoms with Gasteiger partial charge in [-0.3, -0.25) is 4.79 Å². The number of ether oxygens (including phenoxy) is 1. The van der Waals surface area contributed by atoms with Crippen molar-refractivity contribution in [2.75, 3.05) is 13.1 Å². The highest BCUT2D eigenvalue weighted by atomic mass is 16.5. The molecule has 0 aliphatic carbocycles. The minimum Gasteiger partial charge on any atom is -0.481 e. The molecule has 2 N–H and O–H groups in total. The summed E-state index contributed by atoms with van der Waals surface area (Å²) in [6.45, 7) is 8.38. The topological polar surface area (TPSA) is 50.4 Å². The number of para-hydroxylation sites is 1. The molecule has 0 aliphatic rings. The molecule has 0 bridgehead atoms. The van der Waals surface area contributed by atoms with Gasteiger partial charge in [0.25, 0.3) is 5.91 Å². The molecule has 1 aromatic carbocycles. The Hall–Kier alpha value is -1.55. The summed E-state index contributed by atoms with van der Waals surface area (Å²) in [5.74, 6) is 0.721. The van der Waals surface area contributed by atoms with E-state index < -0.39 is 6.10 Å². The van der Waals surface area contributed by atoms with Crippen LogP contribution in [0.2, 0.25) is 0 Å². The molecule has 0 aliphatic heterocycles. The van der Waals surface area contributed by atoms with Crippen LogP contribution in [0, 0.1) is 0 Å². The molecule has 1 aromatic rings. The van der Waals surface area contributed by atoms with Crippen molar-refractivity contribution in [2.45, 2.75) is 52.7 Å². The third-order valence-corrected chi connectivity index (χ3v) is 3.29. The van der Waals surface area contributed by atoms with E-state index in [1.807, 2.05) is 24.3 Å². The first-order valence-corrected chi connectivity index (χ1v) is 7.92. The maximum absolute atomic E-state index is 12.0.